The van der Waals surface area contributed by atoms with E-state index in [1.54, 1.807) is 6.20 Å². The average Bonchev–Trinajstić information content (AvgIpc) is 2.08. The van der Waals surface area contributed by atoms with Crippen molar-refractivity contribution in [2.75, 3.05) is 0 Å². The molecule has 1 aromatic rings. The van der Waals surface area contributed by atoms with Gasteiger partial charge in [-0.3, -0.25) is 4.98 Å². The first kappa shape index (κ1) is 9.71. The van der Waals surface area contributed by atoms with Crippen LogP contribution in [0.3, 0.4) is 0 Å². The van der Waals surface area contributed by atoms with E-state index in [0.29, 0.717) is 5.84 Å². The van der Waals surface area contributed by atoms with Gasteiger partial charge in [0.2, 0.25) is 0 Å². The lowest BCUT2D eigenvalue weighted by molar-refractivity contribution is 0.872. The monoisotopic (exact) mass is 177 g/mol. The molecular weight excluding hydrogens is 162 g/mol. The third-order valence-electron chi connectivity index (χ3n) is 1.75. The van der Waals surface area contributed by atoms with Crippen LogP contribution in [0, 0.1) is 12.8 Å². The Labute approximate surface area is 78.7 Å². The molecule has 0 fully saturated rings. The number of hydrogen-bond acceptors (Lipinski definition) is 2. The molecule has 0 saturated carbocycles. The first-order chi connectivity index (χ1) is 6.09. The van der Waals surface area contributed by atoms with Gasteiger partial charge < -0.3 is 5.73 Å². The Kier molecular flexibility index (Phi) is 3.01. The molecule has 1 rings (SSSR count). The SMILES string of the molecule is Cc1ccc(N=C(N)C(C)C)cn1. The van der Waals surface area contributed by atoms with E-state index in [1.807, 2.05) is 32.9 Å². The van der Waals surface area contributed by atoms with Gasteiger partial charge in [-0.1, -0.05) is 13.8 Å². The minimum Gasteiger partial charge on any atom is -0.387 e. The number of nitrogens with zero attached hydrogens (tertiary/aromatic N) is 2. The summed E-state index contributed by atoms with van der Waals surface area (Å²) in [5, 5.41) is 0. The lowest BCUT2D eigenvalue weighted by atomic mass is 10.2. The van der Waals surface area contributed by atoms with Gasteiger partial charge >= 0.3 is 0 Å². The average molecular weight is 177 g/mol. The van der Waals surface area contributed by atoms with Crippen molar-refractivity contribution in [3.05, 3.63) is 24.0 Å². The van der Waals surface area contributed by atoms with Crippen LogP contribution < -0.4 is 5.73 Å². The van der Waals surface area contributed by atoms with E-state index in [9.17, 15) is 0 Å². The molecular formula is C10H15N3. The third-order valence-corrected chi connectivity index (χ3v) is 1.75. The van der Waals surface area contributed by atoms with Gasteiger partial charge in [0.05, 0.1) is 11.9 Å². The number of rotatable bonds is 2. The van der Waals surface area contributed by atoms with Crippen LogP contribution in [0.2, 0.25) is 0 Å². The molecule has 13 heavy (non-hydrogen) atoms. The summed E-state index contributed by atoms with van der Waals surface area (Å²) >= 11 is 0. The van der Waals surface area contributed by atoms with Gasteiger partial charge in [0.1, 0.15) is 5.84 Å². The zero-order valence-corrected chi connectivity index (χ0v) is 8.28. The van der Waals surface area contributed by atoms with Gasteiger partial charge in [0.25, 0.3) is 0 Å². The summed E-state index contributed by atoms with van der Waals surface area (Å²) in [6.07, 6.45) is 1.73. The van der Waals surface area contributed by atoms with Crippen molar-refractivity contribution in [1.29, 1.82) is 0 Å². The van der Waals surface area contributed by atoms with Gasteiger partial charge in [-0.05, 0) is 19.1 Å². The van der Waals surface area contributed by atoms with Gasteiger partial charge in [0.15, 0.2) is 0 Å². The lowest BCUT2D eigenvalue weighted by Gasteiger charge is -2.03. The van der Waals surface area contributed by atoms with E-state index < -0.39 is 0 Å². The number of aromatic nitrogens is 1. The van der Waals surface area contributed by atoms with E-state index >= 15 is 0 Å². The first-order valence-corrected chi connectivity index (χ1v) is 4.36. The Balaban J connectivity index is 2.85. The maximum absolute atomic E-state index is 5.71. The Morgan fingerprint density at radius 2 is 2.15 bits per heavy atom. The highest BCUT2D eigenvalue weighted by molar-refractivity contribution is 5.84. The van der Waals surface area contributed by atoms with Crippen LogP contribution in [0.5, 0.6) is 0 Å². The maximum Gasteiger partial charge on any atom is 0.102 e. The summed E-state index contributed by atoms with van der Waals surface area (Å²) in [5.41, 5.74) is 7.51. The molecule has 0 spiro atoms. The molecule has 0 unspecified atom stereocenters. The molecule has 0 radical (unpaired) electrons. The fraction of sp³-hybridized carbons (Fsp3) is 0.400. The van der Waals surface area contributed by atoms with Crippen molar-refractivity contribution in [2.24, 2.45) is 16.6 Å². The second-order valence-corrected chi connectivity index (χ2v) is 3.35. The zero-order valence-electron chi connectivity index (χ0n) is 8.28. The number of aryl methyl sites for hydroxylation is 1. The zero-order chi connectivity index (χ0) is 9.84. The molecule has 0 amide bonds. The van der Waals surface area contributed by atoms with Crippen LogP contribution in [0.4, 0.5) is 5.69 Å². The van der Waals surface area contributed by atoms with E-state index in [1.165, 1.54) is 0 Å². The van der Waals surface area contributed by atoms with E-state index in [-0.39, 0.29) is 5.92 Å². The minimum atomic E-state index is 0.279. The van der Waals surface area contributed by atoms with Crippen molar-refractivity contribution >= 4 is 11.5 Å². The fourth-order valence-electron chi connectivity index (χ4n) is 0.804. The van der Waals surface area contributed by atoms with Gasteiger partial charge in [-0.25, -0.2) is 4.99 Å². The fourth-order valence-corrected chi connectivity index (χ4v) is 0.804. The van der Waals surface area contributed by atoms with Crippen molar-refractivity contribution < 1.29 is 0 Å². The molecule has 0 aliphatic heterocycles. The Morgan fingerprint density at radius 3 is 2.62 bits per heavy atom. The van der Waals surface area contributed by atoms with Gasteiger partial charge in [0, 0.05) is 11.6 Å². The first-order valence-electron chi connectivity index (χ1n) is 4.36. The quantitative estimate of drug-likeness (QED) is 0.555. The summed E-state index contributed by atoms with van der Waals surface area (Å²) in [4.78, 5) is 8.36. The molecule has 0 atom stereocenters. The molecule has 3 heteroatoms. The van der Waals surface area contributed by atoms with Crippen LogP contribution in [0.1, 0.15) is 19.5 Å². The second-order valence-electron chi connectivity index (χ2n) is 3.35. The number of aliphatic imine (C=N–C) groups is 1. The highest BCUT2D eigenvalue weighted by atomic mass is 14.9. The molecule has 0 aliphatic carbocycles. The highest BCUT2D eigenvalue weighted by Gasteiger charge is 1.98. The molecule has 2 N–H and O–H groups in total. The van der Waals surface area contributed by atoms with E-state index in [0.717, 1.165) is 11.4 Å². The molecule has 1 aromatic heterocycles. The Bertz CT molecular complexity index is 298. The molecule has 0 saturated heterocycles. The van der Waals surface area contributed by atoms with Crippen LogP contribution in [-0.2, 0) is 0 Å². The highest BCUT2D eigenvalue weighted by Crippen LogP contribution is 2.10. The van der Waals surface area contributed by atoms with Crippen molar-refractivity contribution in [1.82, 2.24) is 4.98 Å². The van der Waals surface area contributed by atoms with Gasteiger partial charge in [-0.2, -0.15) is 0 Å². The van der Waals surface area contributed by atoms with E-state index in [4.69, 9.17) is 5.73 Å². The molecule has 70 valence electrons. The molecule has 0 bridgehead atoms. The molecule has 0 aliphatic rings. The lowest BCUT2D eigenvalue weighted by Crippen LogP contribution is -2.18. The standard InChI is InChI=1S/C10H15N3/c1-7(2)10(11)13-9-5-4-8(3)12-6-9/h4-7H,1-3H3,(H2,11,13). The number of hydrogen-bond donors (Lipinski definition) is 1. The number of pyridine rings is 1. The summed E-state index contributed by atoms with van der Waals surface area (Å²) in [5.74, 6) is 0.923. The van der Waals surface area contributed by atoms with E-state index in [2.05, 4.69) is 9.98 Å². The van der Waals surface area contributed by atoms with Crippen molar-refractivity contribution in [3.8, 4) is 0 Å². The summed E-state index contributed by atoms with van der Waals surface area (Å²) in [7, 11) is 0. The minimum absolute atomic E-state index is 0.279. The summed E-state index contributed by atoms with van der Waals surface area (Å²) in [6, 6.07) is 3.84. The summed E-state index contributed by atoms with van der Waals surface area (Å²) < 4.78 is 0. The number of nitrogens with two attached hydrogens (primary N) is 1. The second kappa shape index (κ2) is 4.03. The predicted molar refractivity (Wildman–Crippen MR) is 55.1 cm³/mol. The van der Waals surface area contributed by atoms with Crippen LogP contribution in [0.15, 0.2) is 23.3 Å². The molecule has 1 heterocycles. The normalized spacial score (nSPS) is 12.2. The van der Waals surface area contributed by atoms with Crippen LogP contribution >= 0.6 is 0 Å². The third kappa shape index (κ3) is 2.86. The molecule has 3 nitrogen and oxygen atoms in total. The van der Waals surface area contributed by atoms with Crippen molar-refractivity contribution in [2.45, 2.75) is 20.8 Å². The molecule has 0 aromatic carbocycles. The smallest absolute Gasteiger partial charge is 0.102 e. The maximum atomic E-state index is 5.71. The van der Waals surface area contributed by atoms with Crippen molar-refractivity contribution in [3.63, 3.8) is 0 Å². The number of amidine groups is 1. The van der Waals surface area contributed by atoms with Gasteiger partial charge in [-0.15, -0.1) is 0 Å². The summed E-state index contributed by atoms with van der Waals surface area (Å²) in [6.45, 7) is 5.97. The largest absolute Gasteiger partial charge is 0.387 e. The van der Waals surface area contributed by atoms with Crippen LogP contribution in [0.25, 0.3) is 0 Å². The Morgan fingerprint density at radius 1 is 1.46 bits per heavy atom. The topological polar surface area (TPSA) is 51.3 Å². The Hall–Kier alpha value is -1.38. The van der Waals surface area contributed by atoms with Crippen LogP contribution in [-0.4, -0.2) is 10.8 Å². The predicted octanol–water partition coefficient (Wildman–Crippen LogP) is 2.03.